The third-order valence-corrected chi connectivity index (χ3v) is 4.21. The monoisotopic (exact) mass is 442 g/mol. The Bertz CT molecular complexity index is 930. The molecule has 0 saturated heterocycles. The average molecular weight is 443 g/mol. The van der Waals surface area contributed by atoms with Crippen molar-refractivity contribution in [3.63, 3.8) is 0 Å². The van der Waals surface area contributed by atoms with E-state index in [1.54, 1.807) is 37.3 Å². The van der Waals surface area contributed by atoms with Crippen molar-refractivity contribution in [2.45, 2.75) is 13.8 Å². The first kappa shape index (κ1) is 21.2. The molecular weight excluding hydrogens is 424 g/mol. The van der Waals surface area contributed by atoms with Crippen LogP contribution in [0.15, 0.2) is 52.5 Å². The van der Waals surface area contributed by atoms with E-state index in [4.69, 9.17) is 9.47 Å². The third kappa shape index (κ3) is 6.25. The molecule has 0 aliphatic rings. The number of benzene rings is 2. The molecule has 0 fully saturated rings. The summed E-state index contributed by atoms with van der Waals surface area (Å²) in [6.45, 7) is 3.75. The third-order valence-electron chi connectivity index (χ3n) is 3.59. The summed E-state index contributed by atoms with van der Waals surface area (Å²) in [4.78, 5) is 23.7. The Balaban J connectivity index is 2.09. The van der Waals surface area contributed by atoms with E-state index < -0.39 is 11.9 Å². The SMILES string of the molecule is CCOC(=O)COc1ccc(/C=C(\C#N)C(=O)Nc2ccc(C)cc2)cc1Br. The Labute approximate surface area is 171 Å². The summed E-state index contributed by atoms with van der Waals surface area (Å²) in [5.41, 5.74) is 2.28. The van der Waals surface area contributed by atoms with Crippen LogP contribution in [0.1, 0.15) is 18.1 Å². The van der Waals surface area contributed by atoms with Gasteiger partial charge in [0.1, 0.15) is 17.4 Å². The number of nitriles is 1. The number of carbonyl (C=O) groups excluding carboxylic acids is 2. The largest absolute Gasteiger partial charge is 0.481 e. The van der Waals surface area contributed by atoms with Gasteiger partial charge in [-0.2, -0.15) is 5.26 Å². The van der Waals surface area contributed by atoms with Gasteiger partial charge in [0.15, 0.2) is 6.61 Å². The Morgan fingerprint density at radius 1 is 1.21 bits per heavy atom. The quantitative estimate of drug-likeness (QED) is 0.393. The predicted molar refractivity (Wildman–Crippen MR) is 110 cm³/mol. The van der Waals surface area contributed by atoms with Crippen molar-refractivity contribution in [3.8, 4) is 11.8 Å². The molecule has 0 aliphatic heterocycles. The van der Waals surface area contributed by atoms with Crippen molar-refractivity contribution in [1.82, 2.24) is 0 Å². The lowest BCUT2D eigenvalue weighted by Crippen LogP contribution is -2.14. The van der Waals surface area contributed by atoms with Gasteiger partial charge in [0.2, 0.25) is 0 Å². The van der Waals surface area contributed by atoms with E-state index in [1.165, 1.54) is 6.08 Å². The van der Waals surface area contributed by atoms with Crippen LogP contribution in [0.4, 0.5) is 5.69 Å². The Hall–Kier alpha value is -3.11. The summed E-state index contributed by atoms with van der Waals surface area (Å²) in [7, 11) is 0. The number of carbonyl (C=O) groups is 2. The zero-order chi connectivity index (χ0) is 20.5. The minimum absolute atomic E-state index is 0.0346. The zero-order valence-electron chi connectivity index (χ0n) is 15.5. The van der Waals surface area contributed by atoms with Crippen LogP contribution >= 0.6 is 15.9 Å². The van der Waals surface area contributed by atoms with Gasteiger partial charge in [-0.15, -0.1) is 0 Å². The predicted octanol–water partition coefficient (Wildman–Crippen LogP) is 4.25. The fourth-order valence-electron chi connectivity index (χ4n) is 2.21. The number of ether oxygens (including phenoxy) is 2. The second kappa shape index (κ2) is 10.3. The minimum Gasteiger partial charge on any atom is -0.481 e. The van der Waals surface area contributed by atoms with Gasteiger partial charge in [-0.25, -0.2) is 4.79 Å². The topological polar surface area (TPSA) is 88.4 Å². The number of hydrogen-bond acceptors (Lipinski definition) is 5. The molecule has 0 atom stereocenters. The van der Waals surface area contributed by atoms with Crippen LogP contribution in [-0.4, -0.2) is 25.1 Å². The first-order chi connectivity index (χ1) is 13.4. The molecule has 0 spiro atoms. The van der Waals surface area contributed by atoms with Crippen molar-refractivity contribution < 1.29 is 19.1 Å². The highest BCUT2D eigenvalue weighted by Gasteiger charge is 2.11. The van der Waals surface area contributed by atoms with Gasteiger partial charge in [-0.3, -0.25) is 4.79 Å². The fraction of sp³-hybridized carbons (Fsp3) is 0.190. The van der Waals surface area contributed by atoms with E-state index in [0.717, 1.165) is 5.56 Å². The van der Waals surface area contributed by atoms with Crippen molar-refractivity contribution in [2.75, 3.05) is 18.5 Å². The Morgan fingerprint density at radius 3 is 2.54 bits per heavy atom. The number of esters is 1. The number of aryl methyl sites for hydroxylation is 1. The molecule has 0 saturated carbocycles. The normalized spacial score (nSPS) is 10.7. The molecule has 2 aromatic rings. The number of halogens is 1. The summed E-state index contributed by atoms with van der Waals surface area (Å²) in [6, 6.07) is 14.2. The van der Waals surface area contributed by atoms with E-state index in [1.807, 2.05) is 25.1 Å². The molecule has 1 N–H and O–H groups in total. The molecule has 0 radical (unpaired) electrons. The van der Waals surface area contributed by atoms with Crippen LogP contribution in [0.3, 0.4) is 0 Å². The molecule has 7 heteroatoms. The maximum atomic E-state index is 12.3. The Morgan fingerprint density at radius 2 is 1.93 bits per heavy atom. The van der Waals surface area contributed by atoms with E-state index in [-0.39, 0.29) is 18.8 Å². The number of hydrogen-bond donors (Lipinski definition) is 1. The highest BCUT2D eigenvalue weighted by atomic mass is 79.9. The molecule has 144 valence electrons. The van der Waals surface area contributed by atoms with Gasteiger partial charge in [-0.05, 0) is 65.7 Å². The van der Waals surface area contributed by atoms with Crippen LogP contribution < -0.4 is 10.1 Å². The van der Waals surface area contributed by atoms with Crippen LogP contribution in [-0.2, 0) is 14.3 Å². The second-order valence-electron chi connectivity index (χ2n) is 5.77. The maximum absolute atomic E-state index is 12.3. The average Bonchev–Trinajstić information content (AvgIpc) is 2.67. The van der Waals surface area contributed by atoms with Crippen LogP contribution in [0.5, 0.6) is 5.75 Å². The lowest BCUT2D eigenvalue weighted by atomic mass is 10.1. The smallest absolute Gasteiger partial charge is 0.344 e. The van der Waals surface area contributed by atoms with Crippen molar-refractivity contribution in [3.05, 3.63) is 63.6 Å². The molecule has 0 aliphatic carbocycles. The standard InChI is InChI=1S/C21H19BrN2O4/c1-3-27-20(25)13-28-19-9-6-15(11-18(19)22)10-16(12-23)21(26)24-17-7-4-14(2)5-8-17/h4-11H,3,13H2,1-2H3,(H,24,26)/b16-10+. The summed E-state index contributed by atoms with van der Waals surface area (Å²) >= 11 is 3.36. The molecule has 28 heavy (non-hydrogen) atoms. The van der Waals surface area contributed by atoms with Gasteiger partial charge >= 0.3 is 5.97 Å². The number of rotatable bonds is 7. The number of amides is 1. The summed E-state index contributed by atoms with van der Waals surface area (Å²) in [6.07, 6.45) is 1.48. The second-order valence-corrected chi connectivity index (χ2v) is 6.63. The van der Waals surface area contributed by atoms with Gasteiger partial charge in [-0.1, -0.05) is 23.8 Å². The summed E-state index contributed by atoms with van der Waals surface area (Å²) in [5, 5.41) is 12.0. The van der Waals surface area contributed by atoms with Gasteiger partial charge < -0.3 is 14.8 Å². The number of anilines is 1. The minimum atomic E-state index is -0.495. The van der Waals surface area contributed by atoms with Crippen LogP contribution in [0, 0.1) is 18.3 Å². The highest BCUT2D eigenvalue weighted by Crippen LogP contribution is 2.27. The number of nitrogens with zero attached hydrogens (tertiary/aromatic N) is 1. The molecule has 2 rings (SSSR count). The number of nitrogens with one attached hydrogen (secondary N) is 1. The molecule has 0 bridgehead atoms. The molecular formula is C21H19BrN2O4. The van der Waals surface area contributed by atoms with Gasteiger partial charge in [0.25, 0.3) is 5.91 Å². The molecule has 2 aromatic carbocycles. The molecule has 6 nitrogen and oxygen atoms in total. The van der Waals surface area contributed by atoms with Crippen molar-refractivity contribution >= 4 is 39.6 Å². The summed E-state index contributed by atoms with van der Waals surface area (Å²) < 4.78 is 10.8. The van der Waals surface area contributed by atoms with Gasteiger partial charge in [0, 0.05) is 5.69 Å². The van der Waals surface area contributed by atoms with Crippen LogP contribution in [0.25, 0.3) is 6.08 Å². The first-order valence-corrected chi connectivity index (χ1v) is 9.30. The molecule has 0 heterocycles. The van der Waals surface area contributed by atoms with Gasteiger partial charge in [0.05, 0.1) is 11.1 Å². The highest BCUT2D eigenvalue weighted by molar-refractivity contribution is 9.10. The maximum Gasteiger partial charge on any atom is 0.344 e. The van der Waals surface area contributed by atoms with E-state index in [0.29, 0.717) is 21.5 Å². The zero-order valence-corrected chi connectivity index (χ0v) is 17.1. The van der Waals surface area contributed by atoms with E-state index in [9.17, 15) is 14.9 Å². The van der Waals surface area contributed by atoms with E-state index >= 15 is 0 Å². The lowest BCUT2D eigenvalue weighted by molar-refractivity contribution is -0.145. The Kier molecular flexibility index (Phi) is 7.78. The molecule has 0 aromatic heterocycles. The summed E-state index contributed by atoms with van der Waals surface area (Å²) in [5.74, 6) is -0.504. The molecule has 1 amide bonds. The first-order valence-electron chi connectivity index (χ1n) is 8.50. The van der Waals surface area contributed by atoms with Crippen molar-refractivity contribution in [1.29, 1.82) is 5.26 Å². The fourth-order valence-corrected chi connectivity index (χ4v) is 2.72. The van der Waals surface area contributed by atoms with E-state index in [2.05, 4.69) is 21.2 Å². The molecule has 0 unspecified atom stereocenters. The lowest BCUT2D eigenvalue weighted by Gasteiger charge is -2.08. The van der Waals surface area contributed by atoms with Crippen LogP contribution in [0.2, 0.25) is 0 Å². The van der Waals surface area contributed by atoms with Crippen molar-refractivity contribution in [2.24, 2.45) is 0 Å².